The Kier molecular flexibility index (Phi) is 3.94. The van der Waals surface area contributed by atoms with Gasteiger partial charge in [-0.3, -0.25) is 9.78 Å². The summed E-state index contributed by atoms with van der Waals surface area (Å²) in [6, 6.07) is 20.1. The largest absolute Gasteiger partial charge is 0.341 e. The number of hydrogen-bond acceptors (Lipinski definition) is 2. The van der Waals surface area contributed by atoms with Crippen molar-refractivity contribution in [3.63, 3.8) is 0 Å². The zero-order valence-electron chi connectivity index (χ0n) is 14.1. The standard InChI is InChI=1S/C21H19N3O/c1-2-24-19-9-4-3-8-17(19)18-13-16(10-11-20(18)24)23-21(25)14-15-7-5-6-12-22-15/h3-13H,2,14H2,1H3,(H,23,25). The van der Waals surface area contributed by atoms with E-state index in [-0.39, 0.29) is 12.3 Å². The Labute approximate surface area is 146 Å². The van der Waals surface area contributed by atoms with Crippen LogP contribution in [0.15, 0.2) is 66.9 Å². The van der Waals surface area contributed by atoms with Crippen LogP contribution in [0.4, 0.5) is 5.69 Å². The molecule has 0 fully saturated rings. The Hall–Kier alpha value is -3.14. The third kappa shape index (κ3) is 2.87. The fraction of sp³-hybridized carbons (Fsp3) is 0.143. The molecule has 0 unspecified atom stereocenters. The first-order valence-electron chi connectivity index (χ1n) is 8.47. The van der Waals surface area contributed by atoms with E-state index >= 15 is 0 Å². The molecule has 2 aromatic heterocycles. The molecule has 0 aliphatic heterocycles. The molecule has 0 radical (unpaired) electrons. The highest BCUT2D eigenvalue weighted by atomic mass is 16.1. The molecule has 1 amide bonds. The first-order chi connectivity index (χ1) is 12.3. The zero-order chi connectivity index (χ0) is 17.2. The summed E-state index contributed by atoms with van der Waals surface area (Å²) >= 11 is 0. The molecule has 0 saturated heterocycles. The SMILES string of the molecule is CCn1c2ccccc2c2cc(NC(=O)Cc3ccccn3)ccc21. The van der Waals surface area contributed by atoms with Crippen LogP contribution in [-0.2, 0) is 17.8 Å². The summed E-state index contributed by atoms with van der Waals surface area (Å²) in [5.74, 6) is -0.0581. The third-order valence-electron chi connectivity index (χ3n) is 4.44. The van der Waals surface area contributed by atoms with Crippen molar-refractivity contribution in [2.45, 2.75) is 19.9 Å². The number of rotatable bonds is 4. The topological polar surface area (TPSA) is 46.9 Å². The van der Waals surface area contributed by atoms with Crippen molar-refractivity contribution in [1.29, 1.82) is 0 Å². The van der Waals surface area contributed by atoms with Gasteiger partial charge in [0.1, 0.15) is 0 Å². The molecule has 124 valence electrons. The van der Waals surface area contributed by atoms with Crippen molar-refractivity contribution >= 4 is 33.4 Å². The Balaban J connectivity index is 1.67. The highest BCUT2D eigenvalue weighted by Gasteiger charge is 2.11. The number of benzene rings is 2. The normalized spacial score (nSPS) is 11.1. The minimum atomic E-state index is -0.0581. The lowest BCUT2D eigenvalue weighted by Gasteiger charge is -2.06. The number of aromatic nitrogens is 2. The van der Waals surface area contributed by atoms with Gasteiger partial charge in [0, 0.05) is 45.9 Å². The summed E-state index contributed by atoms with van der Waals surface area (Å²) in [5.41, 5.74) is 3.99. The van der Waals surface area contributed by atoms with E-state index in [2.05, 4.69) is 52.1 Å². The van der Waals surface area contributed by atoms with Crippen LogP contribution in [0.2, 0.25) is 0 Å². The van der Waals surface area contributed by atoms with Crippen molar-refractivity contribution in [2.75, 3.05) is 5.32 Å². The second-order valence-electron chi connectivity index (χ2n) is 6.04. The Morgan fingerprint density at radius 1 is 1.00 bits per heavy atom. The van der Waals surface area contributed by atoms with Gasteiger partial charge < -0.3 is 9.88 Å². The summed E-state index contributed by atoms with van der Waals surface area (Å²) in [4.78, 5) is 16.5. The van der Waals surface area contributed by atoms with Crippen LogP contribution in [0.25, 0.3) is 21.8 Å². The van der Waals surface area contributed by atoms with Crippen LogP contribution in [0.5, 0.6) is 0 Å². The number of aryl methyl sites for hydroxylation is 1. The minimum absolute atomic E-state index is 0.0581. The van der Waals surface area contributed by atoms with Gasteiger partial charge in [0.05, 0.1) is 6.42 Å². The number of carbonyl (C=O) groups excluding carboxylic acids is 1. The molecule has 0 bridgehead atoms. The van der Waals surface area contributed by atoms with E-state index in [1.165, 1.54) is 16.4 Å². The van der Waals surface area contributed by atoms with Crippen LogP contribution in [0.3, 0.4) is 0 Å². The number of para-hydroxylation sites is 1. The lowest BCUT2D eigenvalue weighted by molar-refractivity contribution is -0.115. The fourth-order valence-corrected chi connectivity index (χ4v) is 3.34. The van der Waals surface area contributed by atoms with Gasteiger partial charge in [0.2, 0.25) is 5.91 Å². The summed E-state index contributed by atoms with van der Waals surface area (Å²) in [5, 5.41) is 5.36. The number of carbonyl (C=O) groups is 1. The van der Waals surface area contributed by atoms with Gasteiger partial charge in [-0.2, -0.15) is 0 Å². The molecule has 25 heavy (non-hydrogen) atoms. The molecule has 0 spiro atoms. The van der Waals surface area contributed by atoms with Gasteiger partial charge >= 0.3 is 0 Å². The molecule has 0 atom stereocenters. The lowest BCUT2D eigenvalue weighted by Crippen LogP contribution is -2.14. The minimum Gasteiger partial charge on any atom is -0.341 e. The first-order valence-corrected chi connectivity index (χ1v) is 8.47. The van der Waals surface area contributed by atoms with Crippen molar-refractivity contribution in [2.24, 2.45) is 0 Å². The molecular formula is C21H19N3O. The molecule has 2 heterocycles. The molecule has 1 N–H and O–H groups in total. The summed E-state index contributed by atoms with van der Waals surface area (Å²) < 4.78 is 2.30. The van der Waals surface area contributed by atoms with E-state index in [0.717, 1.165) is 23.3 Å². The average Bonchev–Trinajstić information content (AvgIpc) is 2.95. The smallest absolute Gasteiger partial charge is 0.230 e. The molecule has 0 aliphatic carbocycles. The van der Waals surface area contributed by atoms with Crippen LogP contribution in [0.1, 0.15) is 12.6 Å². The number of anilines is 1. The van der Waals surface area contributed by atoms with Crippen LogP contribution < -0.4 is 5.32 Å². The maximum atomic E-state index is 12.3. The number of hydrogen-bond donors (Lipinski definition) is 1. The average molecular weight is 329 g/mol. The Bertz CT molecular complexity index is 1050. The highest BCUT2D eigenvalue weighted by Crippen LogP contribution is 2.30. The maximum absolute atomic E-state index is 12.3. The van der Waals surface area contributed by atoms with Crippen molar-refractivity contribution < 1.29 is 4.79 Å². The van der Waals surface area contributed by atoms with E-state index < -0.39 is 0 Å². The first kappa shape index (κ1) is 15.4. The number of nitrogens with one attached hydrogen (secondary N) is 1. The summed E-state index contributed by atoms with van der Waals surface area (Å²) in [6.07, 6.45) is 1.98. The van der Waals surface area contributed by atoms with E-state index in [0.29, 0.717) is 0 Å². The number of amides is 1. The van der Waals surface area contributed by atoms with Gasteiger partial charge in [0.25, 0.3) is 0 Å². The van der Waals surface area contributed by atoms with Gasteiger partial charge in [0.15, 0.2) is 0 Å². The van der Waals surface area contributed by atoms with Crippen molar-refractivity contribution in [1.82, 2.24) is 9.55 Å². The van der Waals surface area contributed by atoms with Crippen molar-refractivity contribution in [3.8, 4) is 0 Å². The van der Waals surface area contributed by atoms with E-state index in [1.807, 2.05) is 30.3 Å². The van der Waals surface area contributed by atoms with Gasteiger partial charge in [-0.1, -0.05) is 24.3 Å². The van der Waals surface area contributed by atoms with Crippen LogP contribution in [0, 0.1) is 0 Å². The molecule has 0 aliphatic rings. The fourth-order valence-electron chi connectivity index (χ4n) is 3.34. The second kappa shape index (κ2) is 6.40. The number of pyridine rings is 1. The Morgan fingerprint density at radius 2 is 1.80 bits per heavy atom. The van der Waals surface area contributed by atoms with E-state index in [4.69, 9.17) is 0 Å². The highest BCUT2D eigenvalue weighted by molar-refractivity contribution is 6.09. The van der Waals surface area contributed by atoms with Gasteiger partial charge in [-0.15, -0.1) is 0 Å². The third-order valence-corrected chi connectivity index (χ3v) is 4.44. The lowest BCUT2D eigenvalue weighted by atomic mass is 10.1. The van der Waals surface area contributed by atoms with Gasteiger partial charge in [-0.25, -0.2) is 0 Å². The predicted octanol–water partition coefficient (Wildman–Crippen LogP) is 4.39. The van der Waals surface area contributed by atoms with E-state index in [9.17, 15) is 4.79 Å². The summed E-state index contributed by atoms with van der Waals surface area (Å²) in [7, 11) is 0. The molecule has 4 rings (SSSR count). The maximum Gasteiger partial charge on any atom is 0.230 e. The molecule has 4 nitrogen and oxygen atoms in total. The van der Waals surface area contributed by atoms with Crippen LogP contribution >= 0.6 is 0 Å². The van der Waals surface area contributed by atoms with Gasteiger partial charge in [-0.05, 0) is 43.3 Å². The number of fused-ring (bicyclic) bond motifs is 3. The monoisotopic (exact) mass is 329 g/mol. The van der Waals surface area contributed by atoms with E-state index in [1.54, 1.807) is 6.20 Å². The van der Waals surface area contributed by atoms with Crippen molar-refractivity contribution in [3.05, 3.63) is 72.6 Å². The Morgan fingerprint density at radius 3 is 2.60 bits per heavy atom. The summed E-state index contributed by atoms with van der Waals surface area (Å²) in [6.45, 7) is 3.06. The predicted molar refractivity (Wildman–Crippen MR) is 102 cm³/mol. The molecular weight excluding hydrogens is 310 g/mol. The molecule has 0 saturated carbocycles. The second-order valence-corrected chi connectivity index (χ2v) is 6.04. The molecule has 2 aromatic carbocycles. The zero-order valence-corrected chi connectivity index (χ0v) is 14.1. The quantitative estimate of drug-likeness (QED) is 0.603. The number of nitrogens with zero attached hydrogens (tertiary/aromatic N) is 2. The molecule has 4 aromatic rings. The molecule has 4 heteroatoms. The van der Waals surface area contributed by atoms with Crippen LogP contribution in [-0.4, -0.2) is 15.5 Å².